The summed E-state index contributed by atoms with van der Waals surface area (Å²) in [5.41, 5.74) is 1.03. The Morgan fingerprint density at radius 3 is 2.87 bits per heavy atom. The van der Waals surface area contributed by atoms with Gasteiger partial charge in [0.05, 0.1) is 6.42 Å². The number of carbonyl (C=O) groups excluding carboxylic acids is 1. The molecule has 0 atom stereocenters. The van der Waals surface area contributed by atoms with Gasteiger partial charge in [-0.05, 0) is 27.8 Å². The Balaban J connectivity index is 2.31. The van der Waals surface area contributed by atoms with Crippen molar-refractivity contribution in [2.75, 3.05) is 12.4 Å². The third-order valence-corrected chi connectivity index (χ3v) is 3.53. The van der Waals surface area contributed by atoms with Gasteiger partial charge in [-0.1, -0.05) is 13.8 Å². The number of hydrogen-bond acceptors (Lipinski definition) is 2. The molecular weight excluding hydrogens is 230 g/mol. The monoisotopic (exact) mass is 245 g/mol. The fraction of sp³-hybridized carbons (Fsp3) is 0.545. The van der Waals surface area contributed by atoms with Crippen LogP contribution in [0, 0.1) is 5.41 Å². The summed E-state index contributed by atoms with van der Waals surface area (Å²) in [7, 11) is 0. The van der Waals surface area contributed by atoms with Crippen LogP contribution in [0.4, 0.5) is 0 Å². The molecule has 1 amide bonds. The fourth-order valence-corrected chi connectivity index (χ4v) is 1.79. The van der Waals surface area contributed by atoms with Crippen molar-refractivity contribution < 1.29 is 4.79 Å². The van der Waals surface area contributed by atoms with Crippen LogP contribution in [0.25, 0.3) is 0 Å². The molecular formula is C11H16ClNOS. The molecule has 0 fully saturated rings. The van der Waals surface area contributed by atoms with Gasteiger partial charge in [0.2, 0.25) is 5.91 Å². The smallest absolute Gasteiger partial charge is 0.224 e. The van der Waals surface area contributed by atoms with Crippen molar-refractivity contribution >= 4 is 28.8 Å². The normalized spacial score (nSPS) is 11.4. The minimum atomic E-state index is -0.0359. The lowest BCUT2D eigenvalue weighted by atomic mass is 9.96. The van der Waals surface area contributed by atoms with E-state index in [4.69, 9.17) is 11.6 Å². The second-order valence-corrected chi connectivity index (χ2v) is 5.43. The Morgan fingerprint density at radius 2 is 2.33 bits per heavy atom. The summed E-state index contributed by atoms with van der Waals surface area (Å²) in [5.74, 6) is 0.609. The number of alkyl halides is 1. The van der Waals surface area contributed by atoms with Gasteiger partial charge in [-0.25, -0.2) is 0 Å². The zero-order valence-electron chi connectivity index (χ0n) is 9.05. The first kappa shape index (κ1) is 12.5. The Bertz CT molecular complexity index is 308. The summed E-state index contributed by atoms with van der Waals surface area (Å²) >= 11 is 7.38. The molecule has 0 radical (unpaired) electrons. The molecule has 0 aliphatic carbocycles. The van der Waals surface area contributed by atoms with Crippen LogP contribution in [0.1, 0.15) is 19.4 Å². The molecule has 1 aromatic rings. The highest BCUT2D eigenvalue weighted by Crippen LogP contribution is 2.15. The molecule has 0 saturated carbocycles. The van der Waals surface area contributed by atoms with E-state index < -0.39 is 0 Å². The van der Waals surface area contributed by atoms with Gasteiger partial charge in [-0.15, -0.1) is 11.6 Å². The average molecular weight is 246 g/mol. The van der Waals surface area contributed by atoms with E-state index >= 15 is 0 Å². The molecule has 0 spiro atoms. The molecule has 1 aromatic heterocycles. The van der Waals surface area contributed by atoms with Gasteiger partial charge in [0.15, 0.2) is 0 Å². The number of rotatable bonds is 5. The van der Waals surface area contributed by atoms with E-state index in [9.17, 15) is 4.79 Å². The first-order chi connectivity index (χ1) is 7.03. The van der Waals surface area contributed by atoms with Crippen molar-refractivity contribution in [3.63, 3.8) is 0 Å². The van der Waals surface area contributed by atoms with E-state index in [2.05, 4.69) is 5.32 Å². The zero-order valence-corrected chi connectivity index (χ0v) is 10.6. The Kier molecular flexibility index (Phi) is 4.61. The van der Waals surface area contributed by atoms with E-state index in [1.54, 1.807) is 11.3 Å². The Hall–Kier alpha value is -0.540. The van der Waals surface area contributed by atoms with Crippen molar-refractivity contribution in [1.82, 2.24) is 5.32 Å². The van der Waals surface area contributed by atoms with Gasteiger partial charge in [0, 0.05) is 12.4 Å². The van der Waals surface area contributed by atoms with Crippen LogP contribution in [-0.2, 0) is 11.2 Å². The second kappa shape index (κ2) is 5.52. The van der Waals surface area contributed by atoms with Crippen LogP contribution in [0.3, 0.4) is 0 Å². The molecule has 0 aromatic carbocycles. The standard InChI is InChI=1S/C11H16ClNOS/c1-11(2,7-12)8-13-10(14)5-9-3-4-15-6-9/h3-4,6H,5,7-8H2,1-2H3,(H,13,14). The maximum Gasteiger partial charge on any atom is 0.224 e. The highest BCUT2D eigenvalue weighted by atomic mass is 35.5. The molecule has 0 unspecified atom stereocenters. The minimum absolute atomic E-state index is 0.0359. The summed E-state index contributed by atoms with van der Waals surface area (Å²) in [6.45, 7) is 4.69. The minimum Gasteiger partial charge on any atom is -0.355 e. The van der Waals surface area contributed by atoms with Crippen LogP contribution in [0.5, 0.6) is 0 Å². The van der Waals surface area contributed by atoms with Crippen molar-refractivity contribution in [2.24, 2.45) is 5.41 Å². The SMILES string of the molecule is CC(C)(CCl)CNC(=O)Cc1ccsc1. The number of hydrogen-bond donors (Lipinski definition) is 1. The Morgan fingerprint density at radius 1 is 1.60 bits per heavy atom. The maximum absolute atomic E-state index is 11.5. The molecule has 2 nitrogen and oxygen atoms in total. The van der Waals surface area contributed by atoms with E-state index in [0.29, 0.717) is 18.8 Å². The van der Waals surface area contributed by atoms with Crippen molar-refractivity contribution in [2.45, 2.75) is 20.3 Å². The summed E-state index contributed by atoms with van der Waals surface area (Å²) < 4.78 is 0. The van der Waals surface area contributed by atoms with Gasteiger partial charge < -0.3 is 5.32 Å². The number of nitrogens with one attached hydrogen (secondary N) is 1. The van der Waals surface area contributed by atoms with Crippen molar-refractivity contribution in [3.05, 3.63) is 22.4 Å². The van der Waals surface area contributed by atoms with Crippen LogP contribution in [0.15, 0.2) is 16.8 Å². The first-order valence-electron chi connectivity index (χ1n) is 4.87. The molecule has 1 N–H and O–H groups in total. The molecule has 1 heterocycles. The quantitative estimate of drug-likeness (QED) is 0.794. The van der Waals surface area contributed by atoms with Crippen molar-refractivity contribution in [1.29, 1.82) is 0 Å². The molecule has 4 heteroatoms. The average Bonchev–Trinajstić information content (AvgIpc) is 2.68. The molecule has 1 rings (SSSR count). The lowest BCUT2D eigenvalue weighted by Gasteiger charge is -2.21. The first-order valence-corrected chi connectivity index (χ1v) is 6.35. The molecule has 84 valence electrons. The van der Waals surface area contributed by atoms with Crippen LogP contribution in [-0.4, -0.2) is 18.3 Å². The highest BCUT2D eigenvalue weighted by molar-refractivity contribution is 7.07. The van der Waals surface area contributed by atoms with Crippen molar-refractivity contribution in [3.8, 4) is 0 Å². The maximum atomic E-state index is 11.5. The lowest BCUT2D eigenvalue weighted by Crippen LogP contribution is -2.35. The molecule has 0 saturated heterocycles. The van der Waals surface area contributed by atoms with Gasteiger partial charge >= 0.3 is 0 Å². The zero-order chi connectivity index (χ0) is 11.3. The van der Waals surface area contributed by atoms with E-state index in [1.807, 2.05) is 30.7 Å². The molecule has 0 aliphatic heterocycles. The molecule has 0 aliphatic rings. The highest BCUT2D eigenvalue weighted by Gasteiger charge is 2.17. The number of halogens is 1. The van der Waals surface area contributed by atoms with Gasteiger partial charge in [0.1, 0.15) is 0 Å². The summed E-state index contributed by atoms with van der Waals surface area (Å²) in [5, 5.41) is 6.86. The fourth-order valence-electron chi connectivity index (χ4n) is 1.03. The predicted octanol–water partition coefficient (Wildman–Crippen LogP) is 2.67. The van der Waals surface area contributed by atoms with Crippen LogP contribution in [0.2, 0.25) is 0 Å². The van der Waals surface area contributed by atoms with E-state index in [1.165, 1.54) is 0 Å². The van der Waals surface area contributed by atoms with E-state index in [-0.39, 0.29) is 11.3 Å². The summed E-state index contributed by atoms with van der Waals surface area (Å²) in [6.07, 6.45) is 0.460. The van der Waals surface area contributed by atoms with Gasteiger partial charge in [0.25, 0.3) is 0 Å². The third-order valence-electron chi connectivity index (χ3n) is 2.07. The largest absolute Gasteiger partial charge is 0.355 e. The van der Waals surface area contributed by atoms with Gasteiger partial charge in [-0.2, -0.15) is 11.3 Å². The van der Waals surface area contributed by atoms with Crippen LogP contribution < -0.4 is 5.32 Å². The summed E-state index contributed by atoms with van der Waals surface area (Å²) in [6, 6.07) is 1.97. The lowest BCUT2D eigenvalue weighted by molar-refractivity contribution is -0.120. The predicted molar refractivity (Wildman–Crippen MR) is 65.5 cm³/mol. The number of carbonyl (C=O) groups is 1. The third kappa shape index (κ3) is 4.67. The van der Waals surface area contributed by atoms with Gasteiger partial charge in [-0.3, -0.25) is 4.79 Å². The second-order valence-electron chi connectivity index (χ2n) is 4.38. The topological polar surface area (TPSA) is 29.1 Å². The van der Waals surface area contributed by atoms with E-state index in [0.717, 1.165) is 5.56 Å². The number of amides is 1. The van der Waals surface area contributed by atoms with Crippen LogP contribution >= 0.6 is 22.9 Å². The molecule has 15 heavy (non-hydrogen) atoms. The Labute approximate surface area is 99.6 Å². The number of thiophene rings is 1. The summed E-state index contributed by atoms with van der Waals surface area (Å²) in [4.78, 5) is 11.5. The molecule has 0 bridgehead atoms.